The fourth-order valence-corrected chi connectivity index (χ4v) is 2.99. The Morgan fingerprint density at radius 3 is 2.53 bits per heavy atom. The fraction of sp³-hybridized carbons (Fsp3) is 0.333. The van der Waals surface area contributed by atoms with E-state index < -0.39 is 0 Å². The topological polar surface area (TPSA) is 30.5 Å². The van der Waals surface area contributed by atoms with Gasteiger partial charge in [-0.15, -0.1) is 11.3 Å². The van der Waals surface area contributed by atoms with Gasteiger partial charge in [-0.2, -0.15) is 0 Å². The Balaban J connectivity index is 2.49. The molecule has 0 spiro atoms. The highest BCUT2D eigenvalue weighted by atomic mass is 32.1. The van der Waals surface area contributed by atoms with Gasteiger partial charge < -0.3 is 14.8 Å². The maximum atomic E-state index is 5.52. The van der Waals surface area contributed by atoms with Gasteiger partial charge in [0.2, 0.25) is 0 Å². The van der Waals surface area contributed by atoms with Crippen molar-refractivity contribution >= 4 is 11.3 Å². The molecule has 0 saturated heterocycles. The van der Waals surface area contributed by atoms with Crippen LogP contribution in [0.3, 0.4) is 0 Å². The van der Waals surface area contributed by atoms with E-state index in [-0.39, 0.29) is 6.04 Å². The number of aryl methyl sites for hydroxylation is 1. The van der Waals surface area contributed by atoms with Crippen molar-refractivity contribution in [3.8, 4) is 11.5 Å². The van der Waals surface area contributed by atoms with Crippen LogP contribution in [0.2, 0.25) is 0 Å². The molecule has 1 atom stereocenters. The maximum absolute atomic E-state index is 5.52. The Hall–Kier alpha value is -1.52. The third-order valence-electron chi connectivity index (χ3n) is 3.12. The molecule has 2 aromatic rings. The van der Waals surface area contributed by atoms with Gasteiger partial charge in [0, 0.05) is 10.4 Å². The first-order chi connectivity index (χ1) is 9.21. The first-order valence-electron chi connectivity index (χ1n) is 6.14. The lowest BCUT2D eigenvalue weighted by atomic mass is 9.99. The van der Waals surface area contributed by atoms with Gasteiger partial charge in [-0.05, 0) is 37.0 Å². The summed E-state index contributed by atoms with van der Waals surface area (Å²) in [5.41, 5.74) is 2.33. The Morgan fingerprint density at radius 1 is 1.21 bits per heavy atom. The monoisotopic (exact) mass is 277 g/mol. The number of nitrogens with one attached hydrogen (secondary N) is 1. The van der Waals surface area contributed by atoms with E-state index in [1.165, 1.54) is 10.4 Å². The normalized spacial score (nSPS) is 12.2. The third-order valence-corrected chi connectivity index (χ3v) is 4.00. The zero-order valence-corrected chi connectivity index (χ0v) is 12.5. The molecule has 19 heavy (non-hydrogen) atoms. The van der Waals surface area contributed by atoms with E-state index in [1.54, 1.807) is 25.6 Å². The predicted molar refractivity (Wildman–Crippen MR) is 79.5 cm³/mol. The number of hydrogen-bond acceptors (Lipinski definition) is 4. The molecule has 0 radical (unpaired) electrons. The molecule has 0 bridgehead atoms. The van der Waals surface area contributed by atoms with Gasteiger partial charge in [-0.25, -0.2) is 0 Å². The van der Waals surface area contributed by atoms with Crippen molar-refractivity contribution in [3.05, 3.63) is 45.6 Å². The number of thiophene rings is 1. The van der Waals surface area contributed by atoms with E-state index in [0.29, 0.717) is 0 Å². The molecule has 1 N–H and O–H groups in total. The van der Waals surface area contributed by atoms with Gasteiger partial charge in [-0.3, -0.25) is 0 Å². The molecule has 1 heterocycles. The molecule has 0 aliphatic rings. The third kappa shape index (κ3) is 2.74. The number of hydrogen-bond donors (Lipinski definition) is 1. The minimum Gasteiger partial charge on any atom is -0.493 e. The zero-order chi connectivity index (χ0) is 13.8. The van der Waals surface area contributed by atoms with Crippen LogP contribution in [0, 0.1) is 6.92 Å². The Morgan fingerprint density at radius 2 is 2.00 bits per heavy atom. The number of methoxy groups -OCH3 is 2. The lowest BCUT2D eigenvalue weighted by Gasteiger charge is -2.20. The van der Waals surface area contributed by atoms with Crippen LogP contribution < -0.4 is 14.8 Å². The van der Waals surface area contributed by atoms with Gasteiger partial charge in [0.15, 0.2) is 11.5 Å². The van der Waals surface area contributed by atoms with Crippen LogP contribution in [0.5, 0.6) is 11.5 Å². The molecule has 102 valence electrons. The van der Waals surface area contributed by atoms with Crippen molar-refractivity contribution in [1.82, 2.24) is 5.32 Å². The van der Waals surface area contributed by atoms with E-state index >= 15 is 0 Å². The number of rotatable bonds is 5. The minimum absolute atomic E-state index is 0.106. The van der Waals surface area contributed by atoms with E-state index in [1.807, 2.05) is 19.2 Å². The summed E-state index contributed by atoms with van der Waals surface area (Å²) in [4.78, 5) is 1.30. The van der Waals surface area contributed by atoms with Crippen molar-refractivity contribution in [2.75, 3.05) is 21.3 Å². The van der Waals surface area contributed by atoms with E-state index in [9.17, 15) is 0 Å². The molecular weight excluding hydrogens is 258 g/mol. The highest BCUT2D eigenvalue weighted by molar-refractivity contribution is 7.10. The fourth-order valence-electron chi connectivity index (χ4n) is 2.26. The standard InChI is InChI=1S/C15H19NO2S/c1-10-8-11(9-19-10)14(16-2)12-6-5-7-13(17-3)15(12)18-4/h5-9,14,16H,1-4H3. The Labute approximate surface area is 118 Å². The summed E-state index contributed by atoms with van der Waals surface area (Å²) in [6.07, 6.45) is 0. The first-order valence-corrected chi connectivity index (χ1v) is 7.02. The number of ether oxygens (including phenoxy) is 2. The van der Waals surface area contributed by atoms with Crippen molar-refractivity contribution in [2.45, 2.75) is 13.0 Å². The van der Waals surface area contributed by atoms with Gasteiger partial charge in [0.25, 0.3) is 0 Å². The van der Waals surface area contributed by atoms with Crippen molar-refractivity contribution < 1.29 is 9.47 Å². The minimum atomic E-state index is 0.106. The number of benzene rings is 1. The average molecular weight is 277 g/mol. The first kappa shape index (κ1) is 13.9. The SMILES string of the molecule is CNC(c1csc(C)c1)c1cccc(OC)c1OC. The van der Waals surface area contributed by atoms with Crippen LogP contribution in [0.25, 0.3) is 0 Å². The smallest absolute Gasteiger partial charge is 0.165 e. The summed E-state index contributed by atoms with van der Waals surface area (Å²) in [5, 5.41) is 5.52. The van der Waals surface area contributed by atoms with Gasteiger partial charge >= 0.3 is 0 Å². The summed E-state index contributed by atoms with van der Waals surface area (Å²) in [6.45, 7) is 2.11. The zero-order valence-electron chi connectivity index (χ0n) is 11.7. The van der Waals surface area contributed by atoms with Crippen molar-refractivity contribution in [3.63, 3.8) is 0 Å². The second kappa shape index (κ2) is 6.08. The van der Waals surface area contributed by atoms with Crippen molar-refractivity contribution in [2.24, 2.45) is 0 Å². The molecule has 0 aliphatic heterocycles. The Kier molecular flexibility index (Phi) is 4.45. The average Bonchev–Trinajstić information content (AvgIpc) is 2.85. The summed E-state index contributed by atoms with van der Waals surface area (Å²) in [7, 11) is 5.29. The van der Waals surface area contributed by atoms with Gasteiger partial charge in [0.05, 0.1) is 20.3 Å². The van der Waals surface area contributed by atoms with Gasteiger partial charge in [0.1, 0.15) is 0 Å². The molecule has 2 rings (SSSR count). The van der Waals surface area contributed by atoms with Crippen LogP contribution in [0.1, 0.15) is 22.0 Å². The second-order valence-electron chi connectivity index (χ2n) is 4.30. The molecule has 1 aromatic heterocycles. The van der Waals surface area contributed by atoms with E-state index in [0.717, 1.165) is 17.1 Å². The molecule has 0 aliphatic carbocycles. The second-order valence-corrected chi connectivity index (χ2v) is 5.41. The maximum Gasteiger partial charge on any atom is 0.165 e. The van der Waals surface area contributed by atoms with E-state index in [2.05, 4.69) is 29.8 Å². The van der Waals surface area contributed by atoms with Gasteiger partial charge in [-0.1, -0.05) is 12.1 Å². The summed E-state index contributed by atoms with van der Waals surface area (Å²) < 4.78 is 10.9. The molecule has 1 aromatic carbocycles. The highest BCUT2D eigenvalue weighted by Gasteiger charge is 2.20. The van der Waals surface area contributed by atoms with Crippen molar-refractivity contribution in [1.29, 1.82) is 0 Å². The molecule has 4 heteroatoms. The van der Waals surface area contributed by atoms with Crippen LogP contribution in [0.15, 0.2) is 29.6 Å². The molecular formula is C15H19NO2S. The molecule has 3 nitrogen and oxygen atoms in total. The molecule has 1 unspecified atom stereocenters. The van der Waals surface area contributed by atoms with Crippen LogP contribution >= 0.6 is 11.3 Å². The van der Waals surface area contributed by atoms with Crippen LogP contribution in [-0.4, -0.2) is 21.3 Å². The molecule has 0 fully saturated rings. The number of para-hydroxylation sites is 1. The van der Waals surface area contributed by atoms with E-state index in [4.69, 9.17) is 9.47 Å². The predicted octanol–water partition coefficient (Wildman–Crippen LogP) is 3.38. The highest BCUT2D eigenvalue weighted by Crippen LogP contribution is 2.37. The van der Waals surface area contributed by atoms with Crippen LogP contribution in [-0.2, 0) is 0 Å². The lowest BCUT2D eigenvalue weighted by Crippen LogP contribution is -2.18. The quantitative estimate of drug-likeness (QED) is 0.909. The lowest BCUT2D eigenvalue weighted by molar-refractivity contribution is 0.349. The summed E-state index contributed by atoms with van der Waals surface area (Å²) >= 11 is 1.75. The molecule has 0 saturated carbocycles. The summed E-state index contributed by atoms with van der Waals surface area (Å²) in [5.74, 6) is 1.54. The Bertz CT molecular complexity index is 551. The van der Waals surface area contributed by atoms with Crippen LogP contribution in [0.4, 0.5) is 0 Å². The largest absolute Gasteiger partial charge is 0.493 e. The summed E-state index contributed by atoms with van der Waals surface area (Å²) in [6, 6.07) is 8.27. The molecule has 0 amide bonds.